The number of nitrogens with zero attached hydrogens (tertiary/aromatic N) is 1. The van der Waals surface area contributed by atoms with Crippen LogP contribution in [0.1, 0.15) is 41.6 Å². The van der Waals surface area contributed by atoms with Crippen molar-refractivity contribution < 1.29 is 33.6 Å². The van der Waals surface area contributed by atoms with E-state index in [2.05, 4.69) is 10.6 Å². The molecule has 10 nitrogen and oxygen atoms in total. The van der Waals surface area contributed by atoms with Gasteiger partial charge in [0.05, 0.1) is 35.4 Å². The third-order valence-electron chi connectivity index (χ3n) is 7.46. The van der Waals surface area contributed by atoms with Crippen LogP contribution in [0.4, 0.5) is 4.79 Å². The number of ether oxygens (including phenoxy) is 4. The van der Waals surface area contributed by atoms with E-state index in [4.69, 9.17) is 42.1 Å². The molecule has 1 saturated carbocycles. The number of esters is 1. The average molecular weight is 653 g/mol. The quantitative estimate of drug-likeness (QED) is 0.161. The highest BCUT2D eigenvalue weighted by molar-refractivity contribution is 6.43. The number of rotatable bonds is 18. The fourth-order valence-electron chi connectivity index (χ4n) is 4.64. The van der Waals surface area contributed by atoms with Crippen molar-refractivity contribution in [2.45, 2.75) is 44.3 Å². The highest BCUT2D eigenvalue weighted by Crippen LogP contribution is 2.29. The lowest BCUT2D eigenvalue weighted by atomic mass is 10.1. The number of aliphatic hydroxyl groups excluding tert-OH is 1. The van der Waals surface area contributed by atoms with Crippen molar-refractivity contribution in [2.75, 3.05) is 65.8 Å². The Bertz CT molecular complexity index is 1170. The number of carbonyl (C=O) groups is 2. The molecule has 1 atom stereocenters. The smallest absolute Gasteiger partial charge is 0.339 e. The minimum atomic E-state index is -0.690. The largest absolute Gasteiger partial charge is 0.491 e. The van der Waals surface area contributed by atoms with Gasteiger partial charge in [0.25, 0.3) is 0 Å². The molecule has 1 saturated heterocycles. The van der Waals surface area contributed by atoms with Gasteiger partial charge in [0.1, 0.15) is 24.6 Å². The molecule has 0 spiro atoms. The second kappa shape index (κ2) is 18.4. The van der Waals surface area contributed by atoms with Gasteiger partial charge < -0.3 is 39.6 Å². The molecule has 242 valence electrons. The van der Waals surface area contributed by atoms with E-state index in [0.29, 0.717) is 76.2 Å². The number of likely N-dealkylation sites (tertiary alicyclic amines) is 1. The van der Waals surface area contributed by atoms with E-state index in [1.807, 2.05) is 24.3 Å². The predicted molar refractivity (Wildman–Crippen MR) is 169 cm³/mol. The van der Waals surface area contributed by atoms with Crippen molar-refractivity contribution in [1.82, 2.24) is 15.5 Å². The van der Waals surface area contributed by atoms with E-state index in [9.17, 15) is 14.7 Å². The molecule has 2 amide bonds. The van der Waals surface area contributed by atoms with Crippen LogP contribution in [0.5, 0.6) is 5.75 Å². The Morgan fingerprint density at radius 2 is 1.70 bits per heavy atom. The second-order valence-corrected chi connectivity index (χ2v) is 11.9. The zero-order valence-electron chi connectivity index (χ0n) is 25.0. The fourth-order valence-corrected chi connectivity index (χ4v) is 5.02. The first-order valence-electron chi connectivity index (χ1n) is 15.3. The summed E-state index contributed by atoms with van der Waals surface area (Å²) in [4.78, 5) is 26.7. The van der Waals surface area contributed by atoms with E-state index in [1.165, 1.54) is 12.8 Å². The third-order valence-corrected chi connectivity index (χ3v) is 8.27. The number of halogens is 2. The summed E-state index contributed by atoms with van der Waals surface area (Å²) in [5.41, 5.74) is 1.39. The third kappa shape index (κ3) is 12.1. The lowest BCUT2D eigenvalue weighted by molar-refractivity contribution is 0.0153. The first-order valence-corrected chi connectivity index (χ1v) is 16.1. The summed E-state index contributed by atoms with van der Waals surface area (Å²) in [7, 11) is 0. The maximum absolute atomic E-state index is 12.5. The Morgan fingerprint density at radius 1 is 0.955 bits per heavy atom. The fraction of sp³-hybridized carbons (Fsp3) is 0.562. The Balaban J connectivity index is 0.991. The summed E-state index contributed by atoms with van der Waals surface area (Å²) >= 11 is 12.1. The summed E-state index contributed by atoms with van der Waals surface area (Å²) in [5.74, 6) is 0.954. The highest BCUT2D eigenvalue weighted by atomic mass is 35.5. The lowest BCUT2D eigenvalue weighted by Gasteiger charge is -2.31. The van der Waals surface area contributed by atoms with Crippen LogP contribution in [0.25, 0.3) is 0 Å². The van der Waals surface area contributed by atoms with Crippen molar-refractivity contribution >= 4 is 35.2 Å². The van der Waals surface area contributed by atoms with Crippen molar-refractivity contribution in [3.63, 3.8) is 0 Å². The van der Waals surface area contributed by atoms with Crippen LogP contribution in [0.15, 0.2) is 42.5 Å². The predicted octanol–water partition coefficient (Wildman–Crippen LogP) is 4.34. The molecule has 0 radical (unpaired) electrons. The molecule has 1 unspecified atom stereocenters. The van der Waals surface area contributed by atoms with Crippen LogP contribution in [0, 0.1) is 5.92 Å². The number of nitrogens with one attached hydrogen (secondary N) is 2. The number of urea groups is 1. The lowest BCUT2D eigenvalue weighted by Crippen LogP contribution is -2.47. The molecule has 0 aromatic heterocycles. The van der Waals surface area contributed by atoms with Crippen LogP contribution in [-0.4, -0.2) is 100.0 Å². The van der Waals surface area contributed by atoms with Crippen molar-refractivity contribution in [3.05, 3.63) is 63.6 Å². The molecule has 2 aromatic rings. The second-order valence-electron chi connectivity index (χ2n) is 11.1. The van der Waals surface area contributed by atoms with Crippen molar-refractivity contribution in [1.29, 1.82) is 0 Å². The molecule has 3 N–H and O–H groups in total. The maximum atomic E-state index is 12.5. The summed E-state index contributed by atoms with van der Waals surface area (Å²) in [5, 5.41) is 16.7. The Labute approximate surface area is 269 Å². The molecule has 4 rings (SSSR count). The molecule has 0 bridgehead atoms. The van der Waals surface area contributed by atoms with E-state index in [1.54, 1.807) is 23.1 Å². The Hall–Kier alpha value is -2.60. The van der Waals surface area contributed by atoms with Gasteiger partial charge in [-0.15, -0.1) is 0 Å². The van der Waals surface area contributed by atoms with Gasteiger partial charge in [-0.2, -0.15) is 0 Å². The Kier molecular flexibility index (Phi) is 14.3. The van der Waals surface area contributed by atoms with Gasteiger partial charge in [-0.3, -0.25) is 0 Å². The molecule has 1 aliphatic carbocycles. The number of benzene rings is 2. The van der Waals surface area contributed by atoms with Crippen molar-refractivity contribution in [2.24, 2.45) is 5.92 Å². The number of hydrogen-bond donors (Lipinski definition) is 3. The van der Waals surface area contributed by atoms with Crippen LogP contribution in [0.3, 0.4) is 0 Å². The van der Waals surface area contributed by atoms with Gasteiger partial charge in [0.15, 0.2) is 0 Å². The standard InChI is InChI=1S/C32H43Cl2N3O7/c33-29-3-1-2-28(30(29)34)31(39)44-27-10-15-37(16-11-27)32(40)36-14-13-35-20-25(38)22-43-26-8-6-23(7-9-26)12-17-41-18-19-42-21-24-4-5-24/h1-3,6-9,24-25,27,35,38H,4-5,10-22H2,(H,36,40). The molecule has 44 heavy (non-hydrogen) atoms. The van der Waals surface area contributed by atoms with Gasteiger partial charge in [-0.05, 0) is 55.0 Å². The number of hydrogen-bond acceptors (Lipinski definition) is 8. The van der Waals surface area contributed by atoms with Crippen molar-refractivity contribution in [3.8, 4) is 5.75 Å². The zero-order chi connectivity index (χ0) is 31.1. The topological polar surface area (TPSA) is 119 Å². The van der Waals surface area contributed by atoms with E-state index < -0.39 is 12.1 Å². The first kappa shape index (κ1) is 34.3. The number of aliphatic hydroxyl groups is 1. The molecule has 12 heteroatoms. The molecular weight excluding hydrogens is 609 g/mol. The molecule has 1 aliphatic heterocycles. The van der Waals surface area contributed by atoms with E-state index >= 15 is 0 Å². The number of piperidine rings is 1. The van der Waals surface area contributed by atoms with Crippen LogP contribution < -0.4 is 15.4 Å². The van der Waals surface area contributed by atoms with Gasteiger partial charge in [-0.1, -0.05) is 41.4 Å². The van der Waals surface area contributed by atoms with Gasteiger partial charge >= 0.3 is 12.0 Å². The molecular formula is C32H43Cl2N3O7. The minimum absolute atomic E-state index is 0.158. The SMILES string of the molecule is O=C(OC1CCN(C(=O)NCCNCC(O)COc2ccc(CCOCCOCC3CC3)cc2)CC1)c1cccc(Cl)c1Cl. The maximum Gasteiger partial charge on any atom is 0.339 e. The minimum Gasteiger partial charge on any atom is -0.491 e. The highest BCUT2D eigenvalue weighted by Gasteiger charge is 2.26. The summed E-state index contributed by atoms with van der Waals surface area (Å²) in [6.07, 6.45) is 3.51. The monoisotopic (exact) mass is 651 g/mol. The van der Waals surface area contributed by atoms with Crippen LogP contribution >= 0.6 is 23.2 Å². The van der Waals surface area contributed by atoms with Gasteiger partial charge in [-0.25, -0.2) is 9.59 Å². The summed E-state index contributed by atoms with van der Waals surface area (Å²) in [6.45, 7) is 5.13. The zero-order valence-corrected chi connectivity index (χ0v) is 26.5. The van der Waals surface area contributed by atoms with E-state index in [-0.39, 0.29) is 29.3 Å². The van der Waals surface area contributed by atoms with Crippen LogP contribution in [-0.2, 0) is 20.6 Å². The number of carbonyl (C=O) groups excluding carboxylic acids is 2. The molecule has 2 aromatic carbocycles. The van der Waals surface area contributed by atoms with Gasteiger partial charge in [0.2, 0.25) is 0 Å². The normalized spacial score (nSPS) is 16.0. The molecule has 2 aliphatic rings. The molecule has 1 heterocycles. The molecule has 2 fully saturated rings. The number of amides is 2. The van der Waals surface area contributed by atoms with E-state index in [0.717, 1.165) is 24.5 Å². The summed E-state index contributed by atoms with van der Waals surface area (Å²) in [6, 6.07) is 12.4. The Morgan fingerprint density at radius 3 is 2.45 bits per heavy atom. The van der Waals surface area contributed by atoms with Crippen LogP contribution in [0.2, 0.25) is 10.0 Å². The van der Waals surface area contributed by atoms with Gasteiger partial charge in [0, 0.05) is 52.2 Å². The summed E-state index contributed by atoms with van der Waals surface area (Å²) < 4.78 is 22.5. The average Bonchev–Trinajstić information content (AvgIpc) is 3.86. The first-order chi connectivity index (χ1) is 21.4.